The first-order valence-electron chi connectivity index (χ1n) is 7.46. The second-order valence-electron chi connectivity index (χ2n) is 6.73. The van der Waals surface area contributed by atoms with E-state index in [1.165, 1.54) is 12.7 Å². The molecule has 1 spiro atoms. The monoisotopic (exact) mass is 309 g/mol. The van der Waals surface area contributed by atoms with Crippen molar-refractivity contribution in [1.82, 2.24) is 14.6 Å². The lowest BCUT2D eigenvalue weighted by atomic mass is 9.65. The van der Waals surface area contributed by atoms with Crippen molar-refractivity contribution in [2.24, 2.45) is 5.41 Å². The van der Waals surface area contributed by atoms with E-state index in [9.17, 15) is 8.42 Å². The van der Waals surface area contributed by atoms with Gasteiger partial charge in [-0.1, -0.05) is 6.07 Å². The van der Waals surface area contributed by atoms with Crippen molar-refractivity contribution in [1.29, 1.82) is 0 Å². The molecule has 21 heavy (non-hydrogen) atoms. The van der Waals surface area contributed by atoms with Crippen molar-refractivity contribution < 1.29 is 8.42 Å². The minimum absolute atomic E-state index is 0.136. The van der Waals surface area contributed by atoms with Gasteiger partial charge in [0.2, 0.25) is 10.0 Å². The molecule has 3 rings (SSSR count). The molecule has 1 aliphatic carbocycles. The number of hydrogen-bond acceptors (Lipinski definition) is 4. The molecule has 1 aromatic rings. The molecule has 2 aliphatic rings. The van der Waals surface area contributed by atoms with E-state index >= 15 is 0 Å². The molecular formula is C15H23N3O2S. The normalized spacial score (nSPS) is 29.7. The Morgan fingerprint density at radius 3 is 2.86 bits per heavy atom. The number of hydrogen-bond donors (Lipinski definition) is 1. The van der Waals surface area contributed by atoms with Crippen LogP contribution in [0.4, 0.5) is 0 Å². The third-order valence-corrected chi connectivity index (χ3v) is 5.35. The Bertz CT molecular complexity index is 624. The summed E-state index contributed by atoms with van der Waals surface area (Å²) >= 11 is 0. The first kappa shape index (κ1) is 14.9. The summed E-state index contributed by atoms with van der Waals surface area (Å²) in [5, 5.41) is 0. The molecule has 1 saturated heterocycles. The molecule has 1 aromatic heterocycles. The molecule has 0 aromatic carbocycles. The maximum absolute atomic E-state index is 11.2. The molecule has 5 nitrogen and oxygen atoms in total. The number of likely N-dealkylation sites (tertiary alicyclic amines) is 1. The number of pyridine rings is 1. The molecule has 1 aliphatic heterocycles. The third kappa shape index (κ3) is 3.62. The number of aromatic nitrogens is 1. The van der Waals surface area contributed by atoms with Crippen LogP contribution in [0.5, 0.6) is 0 Å². The van der Waals surface area contributed by atoms with Gasteiger partial charge in [0, 0.05) is 24.8 Å². The van der Waals surface area contributed by atoms with Gasteiger partial charge in [-0.3, -0.25) is 9.88 Å². The average molecular weight is 309 g/mol. The predicted molar refractivity (Wildman–Crippen MR) is 82.3 cm³/mol. The molecule has 6 heteroatoms. The summed E-state index contributed by atoms with van der Waals surface area (Å²) in [6.45, 7) is 5.06. The van der Waals surface area contributed by atoms with Gasteiger partial charge in [0.05, 0.1) is 11.9 Å². The van der Waals surface area contributed by atoms with Crippen molar-refractivity contribution >= 4 is 10.0 Å². The summed E-state index contributed by atoms with van der Waals surface area (Å²) in [5.41, 5.74) is 2.51. The molecule has 1 N–H and O–H groups in total. The zero-order valence-corrected chi connectivity index (χ0v) is 13.5. The van der Waals surface area contributed by atoms with E-state index in [4.69, 9.17) is 0 Å². The van der Waals surface area contributed by atoms with Crippen LogP contribution in [0.2, 0.25) is 0 Å². The zero-order chi connectivity index (χ0) is 15.1. The second-order valence-corrected chi connectivity index (χ2v) is 8.51. The molecule has 0 atom stereocenters. The summed E-state index contributed by atoms with van der Waals surface area (Å²) in [6, 6.07) is 6.28. The topological polar surface area (TPSA) is 62.3 Å². The summed E-state index contributed by atoms with van der Waals surface area (Å²) < 4.78 is 25.2. The van der Waals surface area contributed by atoms with Gasteiger partial charge in [-0.15, -0.1) is 0 Å². The van der Waals surface area contributed by atoms with E-state index in [1.807, 2.05) is 13.0 Å². The molecule has 0 radical (unpaired) electrons. The average Bonchev–Trinajstić information content (AvgIpc) is 2.70. The second kappa shape index (κ2) is 5.34. The van der Waals surface area contributed by atoms with Gasteiger partial charge >= 0.3 is 0 Å². The Kier molecular flexibility index (Phi) is 3.80. The Labute approximate surface area is 126 Å². The number of nitrogens with zero attached hydrogens (tertiary/aromatic N) is 2. The predicted octanol–water partition coefficient (Wildman–Crippen LogP) is 1.29. The van der Waals surface area contributed by atoms with Gasteiger partial charge in [0.1, 0.15) is 0 Å². The molecule has 116 valence electrons. The number of rotatable bonds is 4. The smallest absolute Gasteiger partial charge is 0.208 e. The molecule has 2 heterocycles. The first-order chi connectivity index (χ1) is 9.84. The number of sulfonamides is 1. The molecule has 0 amide bonds. The van der Waals surface area contributed by atoms with Gasteiger partial charge in [-0.05, 0) is 50.3 Å². The highest BCUT2D eigenvalue weighted by molar-refractivity contribution is 7.88. The van der Waals surface area contributed by atoms with Crippen LogP contribution in [0.15, 0.2) is 18.2 Å². The highest BCUT2D eigenvalue weighted by Gasteiger charge is 2.48. The molecule has 1 saturated carbocycles. The van der Waals surface area contributed by atoms with Crippen LogP contribution < -0.4 is 4.72 Å². The SMILES string of the molecule is Cc1cccc(CN2CCC3(CC(NS(C)(=O)=O)C3)C2)n1. The Morgan fingerprint density at radius 1 is 1.43 bits per heavy atom. The van der Waals surface area contributed by atoms with Gasteiger partial charge in [0.15, 0.2) is 0 Å². The lowest BCUT2D eigenvalue weighted by Gasteiger charge is -2.45. The standard InChI is InChI=1S/C15H23N3O2S/c1-12-4-3-5-13(16-12)10-18-7-6-15(11-18)8-14(9-15)17-21(2,19)20/h3-5,14,17H,6-11H2,1-2H3. The van der Waals surface area contributed by atoms with Crippen LogP contribution >= 0.6 is 0 Å². The fraction of sp³-hybridized carbons (Fsp3) is 0.667. The van der Waals surface area contributed by atoms with Crippen molar-refractivity contribution in [3.05, 3.63) is 29.6 Å². The summed E-state index contributed by atoms with van der Waals surface area (Å²) in [4.78, 5) is 7.00. The Hall–Kier alpha value is -0.980. The number of nitrogens with one attached hydrogen (secondary N) is 1. The molecule has 0 bridgehead atoms. The van der Waals surface area contributed by atoms with Crippen LogP contribution in [-0.4, -0.2) is 43.7 Å². The number of aryl methyl sites for hydroxylation is 1. The van der Waals surface area contributed by atoms with Crippen molar-refractivity contribution in [3.8, 4) is 0 Å². The van der Waals surface area contributed by atoms with Crippen molar-refractivity contribution in [3.63, 3.8) is 0 Å². The van der Waals surface area contributed by atoms with E-state index in [-0.39, 0.29) is 6.04 Å². The van der Waals surface area contributed by atoms with Crippen LogP contribution in [-0.2, 0) is 16.6 Å². The van der Waals surface area contributed by atoms with Gasteiger partial charge in [-0.25, -0.2) is 13.1 Å². The van der Waals surface area contributed by atoms with Crippen LogP contribution in [0.3, 0.4) is 0 Å². The highest BCUT2D eigenvalue weighted by atomic mass is 32.2. The van der Waals surface area contributed by atoms with E-state index in [0.717, 1.165) is 43.9 Å². The molecule has 0 unspecified atom stereocenters. The molecule has 2 fully saturated rings. The van der Waals surface area contributed by atoms with E-state index in [1.54, 1.807) is 0 Å². The largest absolute Gasteiger partial charge is 0.297 e. The fourth-order valence-electron chi connectivity index (χ4n) is 3.78. The van der Waals surface area contributed by atoms with Gasteiger partial charge in [-0.2, -0.15) is 0 Å². The zero-order valence-electron chi connectivity index (χ0n) is 12.7. The van der Waals surface area contributed by atoms with Crippen LogP contribution in [0, 0.1) is 12.3 Å². The van der Waals surface area contributed by atoms with Crippen LogP contribution in [0.1, 0.15) is 30.7 Å². The van der Waals surface area contributed by atoms with E-state index < -0.39 is 10.0 Å². The highest BCUT2D eigenvalue weighted by Crippen LogP contribution is 2.48. The third-order valence-electron chi connectivity index (χ3n) is 4.59. The van der Waals surface area contributed by atoms with Crippen LogP contribution in [0.25, 0.3) is 0 Å². The Balaban J connectivity index is 1.53. The summed E-state index contributed by atoms with van der Waals surface area (Å²) in [6.07, 6.45) is 4.35. The summed E-state index contributed by atoms with van der Waals surface area (Å²) in [5.74, 6) is 0. The Morgan fingerprint density at radius 2 is 2.19 bits per heavy atom. The summed E-state index contributed by atoms with van der Waals surface area (Å²) in [7, 11) is -3.07. The van der Waals surface area contributed by atoms with Crippen molar-refractivity contribution in [2.45, 2.75) is 38.8 Å². The van der Waals surface area contributed by atoms with E-state index in [2.05, 4.69) is 26.7 Å². The lowest BCUT2D eigenvalue weighted by Crippen LogP contribution is -2.51. The minimum atomic E-state index is -3.07. The maximum atomic E-state index is 11.2. The van der Waals surface area contributed by atoms with Gasteiger partial charge in [0.25, 0.3) is 0 Å². The van der Waals surface area contributed by atoms with Gasteiger partial charge < -0.3 is 0 Å². The fourth-order valence-corrected chi connectivity index (χ4v) is 4.56. The van der Waals surface area contributed by atoms with E-state index in [0.29, 0.717) is 5.41 Å². The molecular weight excluding hydrogens is 286 g/mol. The lowest BCUT2D eigenvalue weighted by molar-refractivity contribution is 0.101. The maximum Gasteiger partial charge on any atom is 0.208 e. The minimum Gasteiger partial charge on any atom is -0.297 e. The first-order valence-corrected chi connectivity index (χ1v) is 9.35. The van der Waals surface area contributed by atoms with Crippen molar-refractivity contribution in [2.75, 3.05) is 19.3 Å². The quantitative estimate of drug-likeness (QED) is 0.910.